The van der Waals surface area contributed by atoms with Gasteiger partial charge < -0.3 is 15.0 Å². The third-order valence-electron chi connectivity index (χ3n) is 3.84. The van der Waals surface area contributed by atoms with E-state index in [-0.39, 0.29) is 0 Å². The van der Waals surface area contributed by atoms with Crippen molar-refractivity contribution in [3.63, 3.8) is 0 Å². The van der Waals surface area contributed by atoms with E-state index < -0.39 is 0 Å². The molecule has 74 valence electrons. The zero-order valence-corrected chi connectivity index (χ0v) is 8.25. The second kappa shape index (κ2) is 2.69. The standard InChI is InChI=1S/C10H18N2O/c1-12-5-4-11-10(7-12)6-8-2-3-9(10)13-8/h8-9,11H,2-7H2,1H3. The predicted molar refractivity (Wildman–Crippen MR) is 50.7 cm³/mol. The van der Waals surface area contributed by atoms with E-state index in [1.165, 1.54) is 32.4 Å². The first-order valence-corrected chi connectivity index (χ1v) is 5.38. The maximum Gasteiger partial charge on any atom is 0.0774 e. The second-order valence-corrected chi connectivity index (χ2v) is 4.85. The summed E-state index contributed by atoms with van der Waals surface area (Å²) >= 11 is 0. The number of ether oxygens (including phenoxy) is 1. The fraction of sp³-hybridized carbons (Fsp3) is 1.00. The molecule has 3 atom stereocenters. The highest BCUT2D eigenvalue weighted by Gasteiger charge is 2.53. The molecule has 3 aliphatic rings. The molecule has 1 spiro atoms. The van der Waals surface area contributed by atoms with Crippen LogP contribution in [0.3, 0.4) is 0 Å². The maximum atomic E-state index is 5.92. The summed E-state index contributed by atoms with van der Waals surface area (Å²) in [5.41, 5.74) is 0.315. The molecule has 13 heavy (non-hydrogen) atoms. The summed E-state index contributed by atoms with van der Waals surface area (Å²) < 4.78 is 5.92. The highest BCUT2D eigenvalue weighted by molar-refractivity contribution is 5.09. The van der Waals surface area contributed by atoms with Gasteiger partial charge in [0.2, 0.25) is 0 Å². The summed E-state index contributed by atoms with van der Waals surface area (Å²) in [5.74, 6) is 0. The largest absolute Gasteiger partial charge is 0.373 e. The van der Waals surface area contributed by atoms with Crippen LogP contribution in [0.1, 0.15) is 19.3 Å². The van der Waals surface area contributed by atoms with E-state index >= 15 is 0 Å². The van der Waals surface area contributed by atoms with Crippen molar-refractivity contribution in [3.05, 3.63) is 0 Å². The van der Waals surface area contributed by atoms with Gasteiger partial charge in [-0.15, -0.1) is 0 Å². The van der Waals surface area contributed by atoms with E-state index in [1.54, 1.807) is 0 Å². The van der Waals surface area contributed by atoms with Gasteiger partial charge in [0.05, 0.1) is 17.7 Å². The number of nitrogens with one attached hydrogen (secondary N) is 1. The van der Waals surface area contributed by atoms with E-state index in [2.05, 4.69) is 17.3 Å². The normalized spacial score (nSPS) is 50.5. The van der Waals surface area contributed by atoms with Crippen LogP contribution in [-0.2, 0) is 4.74 Å². The predicted octanol–water partition coefficient (Wildman–Crippen LogP) is 0.211. The molecule has 3 fully saturated rings. The first kappa shape index (κ1) is 8.21. The van der Waals surface area contributed by atoms with Crippen molar-refractivity contribution in [2.75, 3.05) is 26.7 Å². The Kier molecular flexibility index (Phi) is 1.70. The minimum atomic E-state index is 0.315. The van der Waals surface area contributed by atoms with Gasteiger partial charge in [-0.2, -0.15) is 0 Å². The van der Waals surface area contributed by atoms with Crippen molar-refractivity contribution in [1.82, 2.24) is 10.2 Å². The average molecular weight is 182 g/mol. The lowest BCUT2D eigenvalue weighted by Crippen LogP contribution is -2.64. The van der Waals surface area contributed by atoms with Gasteiger partial charge in [0.25, 0.3) is 0 Å². The van der Waals surface area contributed by atoms with Crippen molar-refractivity contribution in [1.29, 1.82) is 0 Å². The SMILES string of the molecule is CN1CCNC2(CC3CCC2O3)C1. The molecular formula is C10H18N2O. The topological polar surface area (TPSA) is 24.5 Å². The van der Waals surface area contributed by atoms with Crippen LogP contribution in [0, 0.1) is 0 Å². The van der Waals surface area contributed by atoms with Crippen LogP contribution in [0.2, 0.25) is 0 Å². The van der Waals surface area contributed by atoms with Crippen LogP contribution in [0.25, 0.3) is 0 Å². The zero-order valence-electron chi connectivity index (χ0n) is 8.25. The van der Waals surface area contributed by atoms with Crippen molar-refractivity contribution >= 4 is 0 Å². The first-order valence-electron chi connectivity index (χ1n) is 5.38. The van der Waals surface area contributed by atoms with Gasteiger partial charge in [0, 0.05) is 19.6 Å². The Balaban J connectivity index is 1.81. The maximum absolute atomic E-state index is 5.92. The van der Waals surface area contributed by atoms with Crippen LogP contribution >= 0.6 is 0 Å². The molecule has 3 nitrogen and oxygen atoms in total. The summed E-state index contributed by atoms with van der Waals surface area (Å²) in [5, 5.41) is 3.69. The van der Waals surface area contributed by atoms with E-state index in [0.29, 0.717) is 17.7 Å². The average Bonchev–Trinajstić information content (AvgIpc) is 2.63. The summed E-state index contributed by atoms with van der Waals surface area (Å²) in [6, 6.07) is 0. The fourth-order valence-corrected chi connectivity index (χ4v) is 3.26. The van der Waals surface area contributed by atoms with Gasteiger partial charge in [-0.3, -0.25) is 0 Å². The Hall–Kier alpha value is -0.120. The lowest BCUT2D eigenvalue weighted by atomic mass is 9.80. The molecule has 0 aromatic carbocycles. The molecule has 3 rings (SSSR count). The monoisotopic (exact) mass is 182 g/mol. The van der Waals surface area contributed by atoms with Gasteiger partial charge in [-0.25, -0.2) is 0 Å². The van der Waals surface area contributed by atoms with E-state index in [1.807, 2.05) is 0 Å². The molecular weight excluding hydrogens is 164 g/mol. The number of piperazine rings is 1. The minimum absolute atomic E-state index is 0.315. The lowest BCUT2D eigenvalue weighted by molar-refractivity contribution is 0.0513. The van der Waals surface area contributed by atoms with Gasteiger partial charge in [-0.05, 0) is 26.3 Å². The van der Waals surface area contributed by atoms with Crippen LogP contribution < -0.4 is 5.32 Å². The molecule has 3 saturated heterocycles. The molecule has 0 saturated carbocycles. The van der Waals surface area contributed by atoms with Crippen molar-refractivity contribution < 1.29 is 4.74 Å². The number of nitrogens with zero attached hydrogens (tertiary/aromatic N) is 1. The number of hydrogen-bond acceptors (Lipinski definition) is 3. The molecule has 3 unspecified atom stereocenters. The van der Waals surface area contributed by atoms with E-state index in [9.17, 15) is 0 Å². The summed E-state index contributed by atoms with van der Waals surface area (Å²) in [6.45, 7) is 3.48. The van der Waals surface area contributed by atoms with Gasteiger partial charge in [0.1, 0.15) is 0 Å². The van der Waals surface area contributed by atoms with E-state index in [0.717, 1.165) is 6.54 Å². The number of likely N-dealkylation sites (N-methyl/N-ethyl adjacent to an activating group) is 1. The number of hydrogen-bond donors (Lipinski definition) is 1. The molecule has 3 heterocycles. The minimum Gasteiger partial charge on any atom is -0.373 e. The van der Waals surface area contributed by atoms with Crippen LogP contribution in [-0.4, -0.2) is 49.3 Å². The fourth-order valence-electron chi connectivity index (χ4n) is 3.26. The molecule has 0 aromatic rings. The van der Waals surface area contributed by atoms with Crippen molar-refractivity contribution in [2.45, 2.75) is 37.0 Å². The van der Waals surface area contributed by atoms with Crippen molar-refractivity contribution in [3.8, 4) is 0 Å². The molecule has 3 aliphatic heterocycles. The van der Waals surface area contributed by atoms with Crippen molar-refractivity contribution in [2.24, 2.45) is 0 Å². The second-order valence-electron chi connectivity index (χ2n) is 4.85. The quantitative estimate of drug-likeness (QED) is 0.579. The smallest absolute Gasteiger partial charge is 0.0774 e. The highest BCUT2D eigenvalue weighted by atomic mass is 16.5. The zero-order chi connectivity index (χ0) is 8.89. The molecule has 3 heteroatoms. The lowest BCUT2D eigenvalue weighted by Gasteiger charge is -2.43. The highest BCUT2D eigenvalue weighted by Crippen LogP contribution is 2.42. The molecule has 0 aromatic heterocycles. The Morgan fingerprint density at radius 3 is 3.00 bits per heavy atom. The van der Waals surface area contributed by atoms with Gasteiger partial charge >= 0.3 is 0 Å². The summed E-state index contributed by atoms with van der Waals surface area (Å²) in [6.07, 6.45) is 4.86. The Morgan fingerprint density at radius 1 is 1.46 bits per heavy atom. The van der Waals surface area contributed by atoms with Gasteiger partial charge in [-0.1, -0.05) is 0 Å². The third-order valence-corrected chi connectivity index (χ3v) is 3.84. The number of fused-ring (bicyclic) bond motifs is 3. The summed E-state index contributed by atoms with van der Waals surface area (Å²) in [7, 11) is 2.22. The Morgan fingerprint density at radius 2 is 2.38 bits per heavy atom. The molecule has 0 radical (unpaired) electrons. The molecule has 0 amide bonds. The Bertz CT molecular complexity index is 221. The van der Waals surface area contributed by atoms with E-state index in [4.69, 9.17) is 4.74 Å². The molecule has 0 aliphatic carbocycles. The first-order chi connectivity index (χ1) is 6.28. The van der Waals surface area contributed by atoms with Crippen LogP contribution in [0.5, 0.6) is 0 Å². The Labute approximate surface area is 79.4 Å². The third kappa shape index (κ3) is 1.14. The molecule has 2 bridgehead atoms. The number of rotatable bonds is 0. The molecule has 1 N–H and O–H groups in total. The van der Waals surface area contributed by atoms with Gasteiger partial charge in [0.15, 0.2) is 0 Å². The summed E-state index contributed by atoms with van der Waals surface area (Å²) in [4.78, 5) is 2.43. The van der Waals surface area contributed by atoms with Crippen LogP contribution in [0.4, 0.5) is 0 Å². The van der Waals surface area contributed by atoms with Crippen LogP contribution in [0.15, 0.2) is 0 Å².